The van der Waals surface area contributed by atoms with Gasteiger partial charge in [0.25, 0.3) is 0 Å². The Morgan fingerprint density at radius 2 is 1.80 bits per heavy atom. The first-order valence-electron chi connectivity index (χ1n) is 10.3. The normalized spacial score (nSPS) is 23.5. The van der Waals surface area contributed by atoms with E-state index in [2.05, 4.69) is 4.72 Å². The number of hydroxylamine groups is 2. The quantitative estimate of drug-likeness (QED) is 0.692. The molecule has 0 spiro atoms. The first-order valence-corrected chi connectivity index (χ1v) is 12.2. The molecule has 0 bridgehead atoms. The van der Waals surface area contributed by atoms with Crippen molar-refractivity contribution in [3.8, 4) is 11.5 Å². The molecule has 1 saturated carbocycles. The maximum atomic E-state index is 13.2. The van der Waals surface area contributed by atoms with Crippen LogP contribution in [0.2, 0.25) is 5.02 Å². The summed E-state index contributed by atoms with van der Waals surface area (Å²) in [5.74, 6) is 1.29. The molecule has 2 unspecified atom stereocenters. The second-order valence-corrected chi connectivity index (χ2v) is 10.3. The van der Waals surface area contributed by atoms with Crippen molar-refractivity contribution in [1.82, 2.24) is 9.79 Å². The number of halogens is 1. The summed E-state index contributed by atoms with van der Waals surface area (Å²) < 4.78 is 35.2. The van der Waals surface area contributed by atoms with E-state index in [9.17, 15) is 8.42 Å². The highest BCUT2D eigenvalue weighted by Gasteiger charge is 2.44. The van der Waals surface area contributed by atoms with Crippen molar-refractivity contribution in [2.45, 2.75) is 49.4 Å². The Morgan fingerprint density at radius 3 is 2.53 bits per heavy atom. The van der Waals surface area contributed by atoms with E-state index in [0.717, 1.165) is 31.2 Å². The van der Waals surface area contributed by atoms with Crippen LogP contribution in [0.1, 0.15) is 43.7 Å². The fraction of sp³-hybridized carbons (Fsp3) is 0.455. The lowest BCUT2D eigenvalue weighted by molar-refractivity contribution is -0.110. The van der Waals surface area contributed by atoms with Crippen LogP contribution in [-0.2, 0) is 14.9 Å². The Labute approximate surface area is 183 Å². The van der Waals surface area contributed by atoms with Crippen molar-refractivity contribution >= 4 is 21.6 Å². The number of benzene rings is 2. The molecular formula is C22H27ClN2O4S. The van der Waals surface area contributed by atoms with Gasteiger partial charge in [-0.2, -0.15) is 5.06 Å². The van der Waals surface area contributed by atoms with Crippen molar-refractivity contribution in [2.75, 3.05) is 13.7 Å². The molecule has 2 atom stereocenters. The maximum absolute atomic E-state index is 13.2. The number of ether oxygens (including phenoxy) is 1. The largest absolute Gasteiger partial charge is 0.457 e. The molecule has 1 aliphatic heterocycles. The molecule has 4 rings (SSSR count). The van der Waals surface area contributed by atoms with E-state index in [4.69, 9.17) is 21.2 Å². The number of rotatable bonds is 6. The fourth-order valence-corrected chi connectivity index (χ4v) is 6.13. The van der Waals surface area contributed by atoms with Crippen LogP contribution in [0.5, 0.6) is 11.5 Å². The van der Waals surface area contributed by atoms with Gasteiger partial charge in [0.1, 0.15) is 16.7 Å². The third kappa shape index (κ3) is 4.98. The van der Waals surface area contributed by atoms with E-state index in [1.54, 1.807) is 36.4 Å². The summed E-state index contributed by atoms with van der Waals surface area (Å²) in [5, 5.41) is 1.58. The fourth-order valence-electron chi connectivity index (χ4n) is 4.22. The number of nitrogens with zero attached hydrogens (tertiary/aromatic N) is 1. The van der Waals surface area contributed by atoms with Crippen LogP contribution in [0, 0.1) is 0 Å². The van der Waals surface area contributed by atoms with Gasteiger partial charge in [0, 0.05) is 18.1 Å². The minimum Gasteiger partial charge on any atom is -0.457 e. The van der Waals surface area contributed by atoms with Gasteiger partial charge in [-0.15, -0.1) is 0 Å². The van der Waals surface area contributed by atoms with Gasteiger partial charge >= 0.3 is 0 Å². The Kier molecular flexibility index (Phi) is 6.65. The van der Waals surface area contributed by atoms with Gasteiger partial charge in [-0.05, 0) is 54.8 Å². The Bertz CT molecular complexity index is 961. The van der Waals surface area contributed by atoms with Crippen LogP contribution >= 0.6 is 11.6 Å². The number of nitrogens with one attached hydrogen (secondary N) is 1. The van der Waals surface area contributed by atoms with E-state index in [1.807, 2.05) is 24.3 Å². The van der Waals surface area contributed by atoms with Crippen LogP contribution in [0.25, 0.3) is 0 Å². The SMILES string of the molecule is CN1OCC(S(=O)(=O)NC2CCCCC2)C1c1cccc(Oc2ccc(Cl)cc2)c1. The van der Waals surface area contributed by atoms with Crippen LogP contribution < -0.4 is 9.46 Å². The lowest BCUT2D eigenvalue weighted by Gasteiger charge is -2.27. The molecule has 2 aliphatic rings. The predicted octanol–water partition coefficient (Wildman–Crippen LogP) is 4.67. The highest BCUT2D eigenvalue weighted by Crippen LogP contribution is 2.36. The van der Waals surface area contributed by atoms with Gasteiger partial charge in [0.05, 0.1) is 12.6 Å². The monoisotopic (exact) mass is 450 g/mol. The molecule has 8 heteroatoms. The minimum absolute atomic E-state index is 0.0230. The predicted molar refractivity (Wildman–Crippen MR) is 117 cm³/mol. The van der Waals surface area contributed by atoms with E-state index in [-0.39, 0.29) is 12.6 Å². The summed E-state index contributed by atoms with van der Waals surface area (Å²) in [6.07, 6.45) is 5.12. The molecule has 162 valence electrons. The summed E-state index contributed by atoms with van der Waals surface area (Å²) in [5.41, 5.74) is 0.834. The summed E-state index contributed by atoms with van der Waals surface area (Å²) in [7, 11) is -1.77. The van der Waals surface area contributed by atoms with Crippen LogP contribution in [-0.4, -0.2) is 38.4 Å². The molecule has 0 aromatic heterocycles. The van der Waals surface area contributed by atoms with Crippen LogP contribution in [0.3, 0.4) is 0 Å². The van der Waals surface area contributed by atoms with Crippen LogP contribution in [0.4, 0.5) is 0 Å². The highest BCUT2D eigenvalue weighted by molar-refractivity contribution is 7.90. The second kappa shape index (κ2) is 9.24. The molecule has 2 aromatic carbocycles. The van der Waals surface area contributed by atoms with Gasteiger partial charge in [0.2, 0.25) is 10.0 Å². The summed E-state index contributed by atoms with van der Waals surface area (Å²) in [4.78, 5) is 5.64. The number of sulfonamides is 1. The Balaban J connectivity index is 1.54. The lowest BCUT2D eigenvalue weighted by atomic mass is 9.96. The zero-order chi connectivity index (χ0) is 21.1. The van der Waals surface area contributed by atoms with Crippen molar-refractivity contribution in [3.63, 3.8) is 0 Å². The first-order chi connectivity index (χ1) is 14.4. The van der Waals surface area contributed by atoms with E-state index in [0.29, 0.717) is 16.5 Å². The van der Waals surface area contributed by atoms with E-state index >= 15 is 0 Å². The van der Waals surface area contributed by atoms with Crippen molar-refractivity contribution < 1.29 is 18.0 Å². The molecule has 6 nitrogen and oxygen atoms in total. The van der Waals surface area contributed by atoms with Crippen molar-refractivity contribution in [3.05, 3.63) is 59.1 Å². The standard InChI is InChI=1S/C22H27ClN2O4S/c1-25-22(21(15-28-25)30(26,27)24-18-7-3-2-4-8-18)16-6-5-9-20(14-16)29-19-12-10-17(23)11-13-19/h5-6,9-14,18,21-22,24H,2-4,7-8,15H2,1H3. The summed E-state index contributed by atoms with van der Waals surface area (Å²) in [6, 6.07) is 14.2. The molecule has 2 fully saturated rings. The summed E-state index contributed by atoms with van der Waals surface area (Å²) in [6.45, 7) is 0.130. The number of hydrogen-bond acceptors (Lipinski definition) is 5. The van der Waals surface area contributed by atoms with Gasteiger partial charge in [-0.3, -0.25) is 4.84 Å². The molecule has 1 aliphatic carbocycles. The molecule has 2 aromatic rings. The second-order valence-electron chi connectivity index (χ2n) is 7.95. The maximum Gasteiger partial charge on any atom is 0.219 e. The molecular weight excluding hydrogens is 424 g/mol. The molecule has 30 heavy (non-hydrogen) atoms. The molecule has 0 amide bonds. The Hall–Kier alpha value is -1.64. The lowest BCUT2D eigenvalue weighted by Crippen LogP contribution is -2.44. The van der Waals surface area contributed by atoms with E-state index in [1.165, 1.54) is 6.42 Å². The summed E-state index contributed by atoms with van der Waals surface area (Å²) >= 11 is 5.93. The topological polar surface area (TPSA) is 67.9 Å². The van der Waals surface area contributed by atoms with Crippen molar-refractivity contribution in [2.24, 2.45) is 0 Å². The van der Waals surface area contributed by atoms with E-state index < -0.39 is 21.3 Å². The molecule has 1 heterocycles. The van der Waals surface area contributed by atoms with Crippen LogP contribution in [0.15, 0.2) is 48.5 Å². The van der Waals surface area contributed by atoms with Gasteiger partial charge in [0.15, 0.2) is 0 Å². The third-order valence-electron chi connectivity index (χ3n) is 5.77. The van der Waals surface area contributed by atoms with Gasteiger partial charge in [-0.1, -0.05) is 43.0 Å². The Morgan fingerprint density at radius 1 is 1.07 bits per heavy atom. The zero-order valence-electron chi connectivity index (χ0n) is 17.0. The minimum atomic E-state index is -3.54. The average molecular weight is 451 g/mol. The van der Waals surface area contributed by atoms with Gasteiger partial charge in [-0.25, -0.2) is 13.1 Å². The molecule has 1 N–H and O–H groups in total. The zero-order valence-corrected chi connectivity index (χ0v) is 18.5. The third-order valence-corrected chi connectivity index (χ3v) is 7.87. The first kappa shape index (κ1) is 21.6. The van der Waals surface area contributed by atoms with Gasteiger partial charge < -0.3 is 4.74 Å². The highest BCUT2D eigenvalue weighted by atomic mass is 35.5. The number of hydrogen-bond donors (Lipinski definition) is 1. The average Bonchev–Trinajstić information content (AvgIpc) is 3.13. The van der Waals surface area contributed by atoms with Crippen molar-refractivity contribution in [1.29, 1.82) is 0 Å². The molecule has 0 radical (unpaired) electrons. The smallest absolute Gasteiger partial charge is 0.219 e. The molecule has 1 saturated heterocycles.